The Bertz CT molecular complexity index is 812. The van der Waals surface area contributed by atoms with Gasteiger partial charge >= 0.3 is 0 Å². The van der Waals surface area contributed by atoms with Crippen LogP contribution in [0.25, 0.3) is 22.4 Å². The fourth-order valence-electron chi connectivity index (χ4n) is 2.25. The highest BCUT2D eigenvalue weighted by Gasteiger charge is 2.20. The molecular formula is C16H12F2N2O. The second-order valence-electron chi connectivity index (χ2n) is 4.76. The Balaban J connectivity index is 2.22. The lowest BCUT2D eigenvalue weighted by molar-refractivity contribution is 0.439. The first-order chi connectivity index (χ1) is 10.1. The topological polar surface area (TPSA) is 52.0 Å². The lowest BCUT2D eigenvalue weighted by atomic mass is 9.99. The molecule has 2 N–H and O–H groups in total. The minimum atomic E-state index is -0.711. The molecule has 3 aromatic rings. The minimum Gasteiger partial charge on any atom is -0.367 e. The fourth-order valence-corrected chi connectivity index (χ4v) is 2.25. The van der Waals surface area contributed by atoms with Crippen molar-refractivity contribution >= 4 is 5.88 Å². The summed E-state index contributed by atoms with van der Waals surface area (Å²) in [6.45, 7) is 1.94. The first-order valence-corrected chi connectivity index (χ1v) is 6.34. The van der Waals surface area contributed by atoms with Crippen LogP contribution in [0.15, 0.2) is 47.0 Å². The summed E-state index contributed by atoms with van der Waals surface area (Å²) in [5, 5.41) is 3.82. The van der Waals surface area contributed by atoms with Gasteiger partial charge in [0.2, 0.25) is 5.88 Å². The lowest BCUT2D eigenvalue weighted by Crippen LogP contribution is -1.91. The van der Waals surface area contributed by atoms with E-state index in [0.29, 0.717) is 5.56 Å². The molecule has 106 valence electrons. The zero-order chi connectivity index (χ0) is 15.0. The molecule has 0 aliphatic carbocycles. The van der Waals surface area contributed by atoms with Crippen molar-refractivity contribution in [1.82, 2.24) is 5.16 Å². The molecule has 0 aliphatic heterocycles. The number of aromatic nitrogens is 1. The molecular weight excluding hydrogens is 274 g/mol. The third-order valence-electron chi connectivity index (χ3n) is 3.21. The number of halogens is 2. The predicted octanol–water partition coefficient (Wildman–Crippen LogP) is 4.18. The third kappa shape index (κ3) is 2.38. The predicted molar refractivity (Wildman–Crippen MR) is 76.4 cm³/mol. The molecule has 1 aromatic heterocycles. The van der Waals surface area contributed by atoms with Crippen LogP contribution in [0.2, 0.25) is 0 Å². The Morgan fingerprint density at radius 1 is 1.10 bits per heavy atom. The van der Waals surface area contributed by atoms with Gasteiger partial charge in [0, 0.05) is 11.6 Å². The van der Waals surface area contributed by atoms with E-state index in [1.165, 1.54) is 12.1 Å². The summed E-state index contributed by atoms with van der Waals surface area (Å²) in [5.74, 6) is -1.26. The number of nitrogens with zero attached hydrogens (tertiary/aromatic N) is 1. The van der Waals surface area contributed by atoms with Gasteiger partial charge in [0.05, 0.1) is 5.56 Å². The van der Waals surface area contributed by atoms with E-state index in [4.69, 9.17) is 10.3 Å². The number of hydrogen-bond acceptors (Lipinski definition) is 3. The van der Waals surface area contributed by atoms with Gasteiger partial charge in [0.15, 0.2) is 0 Å². The Morgan fingerprint density at radius 3 is 2.62 bits per heavy atom. The van der Waals surface area contributed by atoms with E-state index >= 15 is 0 Å². The van der Waals surface area contributed by atoms with Gasteiger partial charge in [0.25, 0.3) is 0 Å². The molecule has 1 heterocycles. The fraction of sp³-hybridized carbons (Fsp3) is 0.0625. The van der Waals surface area contributed by atoms with Crippen LogP contribution in [0.1, 0.15) is 5.56 Å². The van der Waals surface area contributed by atoms with Gasteiger partial charge in [-0.2, -0.15) is 0 Å². The van der Waals surface area contributed by atoms with Gasteiger partial charge in [-0.1, -0.05) is 35.0 Å². The number of benzene rings is 2. The van der Waals surface area contributed by atoms with Crippen molar-refractivity contribution in [1.29, 1.82) is 0 Å². The van der Waals surface area contributed by atoms with E-state index in [1.807, 2.05) is 31.2 Å². The number of nitrogens with two attached hydrogens (primary N) is 1. The van der Waals surface area contributed by atoms with Crippen LogP contribution in [0.5, 0.6) is 0 Å². The van der Waals surface area contributed by atoms with Crippen LogP contribution in [0.4, 0.5) is 14.7 Å². The summed E-state index contributed by atoms with van der Waals surface area (Å²) in [7, 11) is 0. The molecule has 0 saturated carbocycles. The minimum absolute atomic E-state index is 0.0966. The van der Waals surface area contributed by atoms with Crippen molar-refractivity contribution in [2.75, 3.05) is 5.73 Å². The van der Waals surface area contributed by atoms with E-state index in [0.717, 1.165) is 17.2 Å². The molecule has 3 nitrogen and oxygen atoms in total. The maximum absolute atomic E-state index is 14.0. The summed E-state index contributed by atoms with van der Waals surface area (Å²) < 4.78 is 32.0. The van der Waals surface area contributed by atoms with Crippen LogP contribution in [-0.2, 0) is 0 Å². The molecule has 0 atom stereocenters. The van der Waals surface area contributed by atoms with Crippen LogP contribution in [0.3, 0.4) is 0 Å². The number of nitrogen functional groups attached to an aromatic ring is 1. The van der Waals surface area contributed by atoms with Crippen molar-refractivity contribution in [2.45, 2.75) is 6.92 Å². The molecule has 0 saturated heterocycles. The molecule has 3 rings (SSSR count). The highest BCUT2D eigenvalue weighted by Crippen LogP contribution is 2.37. The number of anilines is 1. The Labute approximate surface area is 120 Å². The Hall–Kier alpha value is -2.69. The van der Waals surface area contributed by atoms with Crippen molar-refractivity contribution in [2.24, 2.45) is 0 Å². The van der Waals surface area contributed by atoms with Gasteiger partial charge in [-0.15, -0.1) is 0 Å². The largest absolute Gasteiger partial charge is 0.367 e. The monoisotopic (exact) mass is 286 g/mol. The first kappa shape index (κ1) is 13.3. The average Bonchev–Trinajstić information content (AvgIpc) is 2.80. The van der Waals surface area contributed by atoms with Crippen LogP contribution >= 0.6 is 0 Å². The summed E-state index contributed by atoms with van der Waals surface area (Å²) in [6.07, 6.45) is 0. The second-order valence-corrected chi connectivity index (χ2v) is 4.76. The summed E-state index contributed by atoms with van der Waals surface area (Å²) in [4.78, 5) is 0. The maximum Gasteiger partial charge on any atom is 0.230 e. The van der Waals surface area contributed by atoms with Gasteiger partial charge in [-0.3, -0.25) is 0 Å². The van der Waals surface area contributed by atoms with E-state index < -0.39 is 11.6 Å². The van der Waals surface area contributed by atoms with E-state index in [9.17, 15) is 8.78 Å². The molecule has 0 unspecified atom stereocenters. The summed E-state index contributed by atoms with van der Waals surface area (Å²) in [6, 6.07) is 10.8. The summed E-state index contributed by atoms with van der Waals surface area (Å²) in [5.41, 5.74) is 8.52. The molecule has 0 radical (unpaired) electrons. The standard InChI is InChI=1S/C16H12F2N2O/c1-9-3-2-4-10(7-9)14-15(20-21-16(14)19)12-6-5-11(17)8-13(12)18/h2-8H,19H2,1H3. The quantitative estimate of drug-likeness (QED) is 0.769. The normalized spacial score (nSPS) is 10.8. The molecule has 0 fully saturated rings. The van der Waals surface area contributed by atoms with Crippen molar-refractivity contribution in [3.63, 3.8) is 0 Å². The number of rotatable bonds is 2. The van der Waals surface area contributed by atoms with E-state index in [-0.39, 0.29) is 17.1 Å². The van der Waals surface area contributed by atoms with Gasteiger partial charge in [-0.05, 0) is 24.6 Å². The van der Waals surface area contributed by atoms with Crippen LogP contribution in [0, 0.1) is 18.6 Å². The van der Waals surface area contributed by atoms with Crippen molar-refractivity contribution in [3.05, 3.63) is 59.7 Å². The molecule has 2 aromatic carbocycles. The third-order valence-corrected chi connectivity index (χ3v) is 3.21. The molecule has 0 amide bonds. The van der Waals surface area contributed by atoms with Gasteiger partial charge in [0.1, 0.15) is 17.3 Å². The van der Waals surface area contributed by atoms with Crippen molar-refractivity contribution < 1.29 is 13.3 Å². The molecule has 0 aliphatic rings. The lowest BCUT2D eigenvalue weighted by Gasteiger charge is -2.05. The van der Waals surface area contributed by atoms with E-state index in [2.05, 4.69) is 5.16 Å². The Morgan fingerprint density at radius 2 is 1.90 bits per heavy atom. The Kier molecular flexibility index (Phi) is 3.17. The first-order valence-electron chi connectivity index (χ1n) is 6.34. The average molecular weight is 286 g/mol. The SMILES string of the molecule is Cc1cccc(-c2c(-c3ccc(F)cc3F)noc2N)c1. The highest BCUT2D eigenvalue weighted by atomic mass is 19.1. The van der Waals surface area contributed by atoms with Gasteiger partial charge in [-0.25, -0.2) is 8.78 Å². The zero-order valence-corrected chi connectivity index (χ0v) is 11.2. The van der Waals surface area contributed by atoms with Crippen LogP contribution < -0.4 is 5.73 Å². The zero-order valence-electron chi connectivity index (χ0n) is 11.2. The smallest absolute Gasteiger partial charge is 0.230 e. The molecule has 0 spiro atoms. The molecule has 5 heteroatoms. The van der Waals surface area contributed by atoms with Crippen LogP contribution in [-0.4, -0.2) is 5.16 Å². The summed E-state index contributed by atoms with van der Waals surface area (Å²) >= 11 is 0. The maximum atomic E-state index is 14.0. The van der Waals surface area contributed by atoms with Gasteiger partial charge < -0.3 is 10.3 Å². The number of aryl methyl sites for hydroxylation is 1. The number of hydrogen-bond donors (Lipinski definition) is 1. The molecule has 0 bridgehead atoms. The van der Waals surface area contributed by atoms with Crippen molar-refractivity contribution in [3.8, 4) is 22.4 Å². The second kappa shape index (κ2) is 5.01. The van der Waals surface area contributed by atoms with E-state index in [1.54, 1.807) is 0 Å². The molecule has 21 heavy (non-hydrogen) atoms. The highest BCUT2D eigenvalue weighted by molar-refractivity contribution is 5.87.